The normalized spacial score (nSPS) is 16.1. The Morgan fingerprint density at radius 1 is 1.06 bits per heavy atom. The number of hydrogen-bond acceptors (Lipinski definition) is 5. The first-order valence-electron chi connectivity index (χ1n) is 10.9. The second-order valence-electron chi connectivity index (χ2n) is 8.30. The number of amides is 1. The van der Waals surface area contributed by atoms with Gasteiger partial charge in [-0.1, -0.05) is 39.7 Å². The first-order chi connectivity index (χ1) is 16.8. The number of aromatic nitrogens is 1. The highest BCUT2D eigenvalue weighted by atomic mass is 79.9. The summed E-state index contributed by atoms with van der Waals surface area (Å²) in [5.74, 6) is 0.378. The lowest BCUT2D eigenvalue weighted by Crippen LogP contribution is -2.40. The topological polar surface area (TPSA) is 89.8 Å². The molecule has 1 atom stereocenters. The number of nitrogens with zero attached hydrogens (tertiary/aromatic N) is 2. The zero-order valence-corrected chi connectivity index (χ0v) is 21.4. The highest BCUT2D eigenvalue weighted by Gasteiger charge is 2.29. The summed E-state index contributed by atoms with van der Waals surface area (Å²) in [5, 5.41) is 3.74. The van der Waals surface area contributed by atoms with Crippen LogP contribution < -0.4 is 10.1 Å². The molecule has 1 aromatic heterocycles. The van der Waals surface area contributed by atoms with Crippen molar-refractivity contribution in [3.63, 3.8) is 0 Å². The van der Waals surface area contributed by atoms with Crippen LogP contribution in [0.4, 0.5) is 0 Å². The van der Waals surface area contributed by atoms with Crippen LogP contribution in [-0.4, -0.2) is 37.7 Å². The van der Waals surface area contributed by atoms with Crippen LogP contribution in [0.2, 0.25) is 0 Å². The molecule has 1 aliphatic rings. The van der Waals surface area contributed by atoms with Crippen molar-refractivity contribution in [2.75, 3.05) is 13.7 Å². The molecular weight excluding hydrogens is 530 g/mol. The molecule has 0 spiro atoms. The van der Waals surface area contributed by atoms with E-state index in [4.69, 9.17) is 4.74 Å². The summed E-state index contributed by atoms with van der Waals surface area (Å²) < 4.78 is 34.3. The van der Waals surface area contributed by atoms with Crippen molar-refractivity contribution in [2.45, 2.75) is 17.9 Å². The van der Waals surface area contributed by atoms with E-state index in [0.717, 1.165) is 15.4 Å². The van der Waals surface area contributed by atoms with Crippen LogP contribution in [0.25, 0.3) is 10.9 Å². The number of rotatable bonds is 5. The fourth-order valence-corrected chi connectivity index (χ4v) is 5.89. The lowest BCUT2D eigenvalue weighted by molar-refractivity contribution is -0.115. The Morgan fingerprint density at radius 3 is 2.43 bits per heavy atom. The molecule has 9 heteroatoms. The van der Waals surface area contributed by atoms with Crippen molar-refractivity contribution < 1.29 is 17.9 Å². The van der Waals surface area contributed by atoms with Gasteiger partial charge in [0.15, 0.2) is 0 Å². The van der Waals surface area contributed by atoms with Crippen molar-refractivity contribution in [3.05, 3.63) is 94.1 Å². The number of aryl methyl sites for hydroxylation is 1. The third kappa shape index (κ3) is 4.26. The van der Waals surface area contributed by atoms with Crippen LogP contribution in [0, 0.1) is 6.92 Å². The summed E-state index contributed by atoms with van der Waals surface area (Å²) in [6, 6.07) is 18.9. The number of aliphatic imine (C=N–C) groups is 1. The number of hydrogen-bond donors (Lipinski definition) is 1. The Morgan fingerprint density at radius 2 is 1.77 bits per heavy atom. The summed E-state index contributed by atoms with van der Waals surface area (Å²) in [4.78, 5) is 17.7. The number of ether oxygens (including phenoxy) is 1. The minimum absolute atomic E-state index is 0.194. The van der Waals surface area contributed by atoms with Crippen LogP contribution in [0.15, 0.2) is 87.3 Å². The minimum Gasteiger partial charge on any atom is -0.497 e. The van der Waals surface area contributed by atoms with E-state index in [1.165, 1.54) is 3.97 Å². The SMILES string of the molecule is COc1ccc(C2=NCC(c3cn(S(=O)(=O)c4ccc(C)cc4)c4cc(Br)ccc34)NC2=O)cc1. The Kier molecular flexibility index (Phi) is 5.98. The standard InChI is InChI=1S/C26H22BrN3O4S/c1-16-3-10-20(11-4-16)35(32,33)30-15-22(21-12-7-18(27)13-24(21)30)23-14-28-25(26(31)29-23)17-5-8-19(34-2)9-6-17/h3-13,15,23H,14H2,1-2H3,(H,29,31). The predicted molar refractivity (Wildman–Crippen MR) is 139 cm³/mol. The van der Waals surface area contributed by atoms with E-state index in [2.05, 4.69) is 26.2 Å². The molecule has 35 heavy (non-hydrogen) atoms. The maximum Gasteiger partial charge on any atom is 0.270 e. The number of fused-ring (bicyclic) bond motifs is 1. The highest BCUT2D eigenvalue weighted by Crippen LogP contribution is 2.33. The van der Waals surface area contributed by atoms with Crippen molar-refractivity contribution in [3.8, 4) is 5.75 Å². The largest absolute Gasteiger partial charge is 0.497 e. The highest BCUT2D eigenvalue weighted by molar-refractivity contribution is 9.10. The molecular formula is C26H22BrN3O4S. The second kappa shape index (κ2) is 8.98. The van der Waals surface area contributed by atoms with Gasteiger partial charge in [-0.2, -0.15) is 0 Å². The second-order valence-corrected chi connectivity index (χ2v) is 11.0. The van der Waals surface area contributed by atoms with Crippen LogP contribution in [0.1, 0.15) is 22.7 Å². The van der Waals surface area contributed by atoms with Crippen LogP contribution >= 0.6 is 15.9 Å². The lowest BCUT2D eigenvalue weighted by atomic mass is 10.0. The van der Waals surface area contributed by atoms with Gasteiger partial charge in [0.05, 0.1) is 30.1 Å². The van der Waals surface area contributed by atoms with E-state index in [1.807, 2.05) is 19.1 Å². The number of halogens is 1. The first-order valence-corrected chi connectivity index (χ1v) is 13.1. The van der Waals surface area contributed by atoms with E-state index >= 15 is 0 Å². The van der Waals surface area contributed by atoms with Crippen LogP contribution in [0.3, 0.4) is 0 Å². The first kappa shape index (κ1) is 23.3. The van der Waals surface area contributed by atoms with Crippen LogP contribution in [0.5, 0.6) is 5.75 Å². The average molecular weight is 552 g/mol. The molecule has 0 bridgehead atoms. The Hall–Kier alpha value is -3.43. The van der Waals surface area contributed by atoms with E-state index in [9.17, 15) is 13.2 Å². The Labute approximate surface area is 211 Å². The van der Waals surface area contributed by atoms with Gasteiger partial charge >= 0.3 is 0 Å². The lowest BCUT2D eigenvalue weighted by Gasteiger charge is -2.22. The number of carbonyl (C=O) groups excluding carboxylic acids is 1. The van der Waals surface area contributed by atoms with Gasteiger partial charge in [0.2, 0.25) is 0 Å². The van der Waals surface area contributed by atoms with Gasteiger partial charge in [0, 0.05) is 27.2 Å². The molecule has 1 unspecified atom stereocenters. The molecule has 0 aliphatic carbocycles. The molecule has 1 aliphatic heterocycles. The average Bonchev–Trinajstić information content (AvgIpc) is 3.24. The van der Waals surface area contributed by atoms with E-state index in [1.54, 1.807) is 67.9 Å². The third-order valence-corrected chi connectivity index (χ3v) is 8.21. The molecule has 7 nitrogen and oxygen atoms in total. The summed E-state index contributed by atoms with van der Waals surface area (Å²) in [7, 11) is -2.27. The smallest absolute Gasteiger partial charge is 0.270 e. The van der Waals surface area contributed by atoms with Crippen LogP contribution in [-0.2, 0) is 14.8 Å². The molecule has 3 aromatic carbocycles. The van der Waals surface area contributed by atoms with Gasteiger partial charge in [0.1, 0.15) is 11.5 Å². The predicted octanol–water partition coefficient (Wildman–Crippen LogP) is 4.62. The van der Waals surface area contributed by atoms with Gasteiger partial charge in [-0.3, -0.25) is 9.79 Å². The fraction of sp³-hybridized carbons (Fsp3) is 0.154. The molecule has 1 amide bonds. The summed E-state index contributed by atoms with van der Waals surface area (Å²) in [5.41, 5.74) is 3.21. The molecule has 4 aromatic rings. The molecule has 1 N–H and O–H groups in total. The van der Waals surface area contributed by atoms with E-state index in [-0.39, 0.29) is 17.3 Å². The summed E-state index contributed by atoms with van der Waals surface area (Å²) in [6.45, 7) is 2.19. The number of benzene rings is 3. The molecule has 0 saturated heterocycles. The van der Waals surface area contributed by atoms with Crippen molar-refractivity contribution >= 4 is 48.5 Å². The zero-order valence-electron chi connectivity index (χ0n) is 19.0. The van der Waals surface area contributed by atoms with Gasteiger partial charge in [0.25, 0.3) is 15.9 Å². The van der Waals surface area contributed by atoms with E-state index in [0.29, 0.717) is 28.1 Å². The quantitative estimate of drug-likeness (QED) is 0.392. The van der Waals surface area contributed by atoms with Crippen molar-refractivity contribution in [1.82, 2.24) is 9.29 Å². The van der Waals surface area contributed by atoms with E-state index < -0.39 is 16.1 Å². The number of nitrogens with one attached hydrogen (secondary N) is 1. The molecule has 0 radical (unpaired) electrons. The maximum absolute atomic E-state index is 13.5. The summed E-state index contributed by atoms with van der Waals surface area (Å²) in [6.07, 6.45) is 1.59. The summed E-state index contributed by atoms with van der Waals surface area (Å²) >= 11 is 3.45. The van der Waals surface area contributed by atoms with Gasteiger partial charge in [-0.05, 0) is 55.5 Å². The third-order valence-electron chi connectivity index (χ3n) is 6.03. The van der Waals surface area contributed by atoms with Crippen molar-refractivity contribution in [2.24, 2.45) is 4.99 Å². The number of methoxy groups -OCH3 is 1. The minimum atomic E-state index is -3.86. The molecule has 0 saturated carbocycles. The maximum atomic E-state index is 13.5. The monoisotopic (exact) mass is 551 g/mol. The molecule has 178 valence electrons. The fourth-order valence-electron chi connectivity index (χ4n) is 4.17. The molecule has 5 rings (SSSR count). The molecule has 0 fully saturated rings. The number of carbonyl (C=O) groups is 1. The van der Waals surface area contributed by atoms with Gasteiger partial charge < -0.3 is 10.1 Å². The van der Waals surface area contributed by atoms with Crippen molar-refractivity contribution in [1.29, 1.82) is 0 Å². The van der Waals surface area contributed by atoms with Gasteiger partial charge in [-0.15, -0.1) is 0 Å². The Balaban J connectivity index is 1.56. The Bertz CT molecular complexity index is 1570. The van der Waals surface area contributed by atoms with Gasteiger partial charge in [-0.25, -0.2) is 12.4 Å². The molecule has 2 heterocycles. The zero-order chi connectivity index (χ0) is 24.7.